The van der Waals surface area contributed by atoms with Crippen LogP contribution in [0, 0.1) is 0 Å². The van der Waals surface area contributed by atoms with Crippen LogP contribution >= 0.6 is 0 Å². The van der Waals surface area contributed by atoms with Gasteiger partial charge in [-0.05, 0) is 31.7 Å². The lowest BCUT2D eigenvalue weighted by Crippen LogP contribution is -2.46. The quantitative estimate of drug-likeness (QED) is 0.774. The van der Waals surface area contributed by atoms with E-state index in [1.165, 1.54) is 6.20 Å². The molecule has 7 nitrogen and oxygen atoms in total. The van der Waals surface area contributed by atoms with Crippen LogP contribution in [0.1, 0.15) is 34.6 Å². The molecule has 3 rings (SSSR count). The van der Waals surface area contributed by atoms with E-state index in [1.54, 1.807) is 37.4 Å². The number of rotatable bonds is 6. The van der Waals surface area contributed by atoms with Gasteiger partial charge < -0.3 is 19.9 Å². The Balaban J connectivity index is 1.73. The van der Waals surface area contributed by atoms with Crippen LogP contribution in [0.3, 0.4) is 0 Å². The highest BCUT2D eigenvalue weighted by Crippen LogP contribution is 2.20. The molecule has 1 aromatic carbocycles. The van der Waals surface area contributed by atoms with Gasteiger partial charge in [0, 0.05) is 32.4 Å². The number of ether oxygens (including phenoxy) is 1. The van der Waals surface area contributed by atoms with Gasteiger partial charge in [-0.2, -0.15) is 0 Å². The Kier molecular flexibility index (Phi) is 6.60. The Bertz CT molecular complexity index is 832. The van der Waals surface area contributed by atoms with Crippen molar-refractivity contribution in [3.63, 3.8) is 0 Å². The molecule has 1 N–H and O–H groups in total. The molecule has 148 valence electrons. The summed E-state index contributed by atoms with van der Waals surface area (Å²) in [7, 11) is 0. The third-order valence-corrected chi connectivity index (χ3v) is 4.84. The molecular weight excluding hydrogens is 356 g/mol. The fraction of sp³-hybridized carbons (Fsp3) is 0.381. The second kappa shape index (κ2) is 9.32. The number of carbonyl (C=O) groups excluding carboxylic acids is 2. The lowest BCUT2D eigenvalue weighted by Gasteiger charge is -2.35. The van der Waals surface area contributed by atoms with Crippen molar-refractivity contribution in [3.05, 3.63) is 53.9 Å². The Hall–Kier alpha value is -2.93. The standard InChI is InChI=1S/C21H26N4O3/c1-3-24-9-11-25(12-10-24)17-13-16(14-22-15-17)20(26)23-19-8-6-5-7-18(19)21(27)28-4-2/h5-8,13-15H,3-4,9-12H2,1-2H3,(H,23,26). The van der Waals surface area contributed by atoms with E-state index < -0.39 is 5.97 Å². The van der Waals surface area contributed by atoms with Crippen LogP contribution < -0.4 is 10.2 Å². The molecule has 1 saturated heterocycles. The SMILES string of the molecule is CCOC(=O)c1ccccc1NC(=O)c1cncc(N2CCN(CC)CC2)c1. The summed E-state index contributed by atoms with van der Waals surface area (Å²) in [6, 6.07) is 8.66. The molecule has 0 atom stereocenters. The zero-order chi connectivity index (χ0) is 19.9. The van der Waals surface area contributed by atoms with E-state index in [9.17, 15) is 9.59 Å². The van der Waals surface area contributed by atoms with Gasteiger partial charge in [-0.1, -0.05) is 19.1 Å². The van der Waals surface area contributed by atoms with E-state index in [0.717, 1.165) is 38.4 Å². The maximum atomic E-state index is 12.8. The van der Waals surface area contributed by atoms with Gasteiger partial charge in [0.2, 0.25) is 0 Å². The third kappa shape index (κ3) is 4.67. The first-order valence-electron chi connectivity index (χ1n) is 9.62. The van der Waals surface area contributed by atoms with E-state index in [1.807, 2.05) is 6.07 Å². The number of hydrogen-bond acceptors (Lipinski definition) is 6. The fourth-order valence-electron chi connectivity index (χ4n) is 3.22. The monoisotopic (exact) mass is 382 g/mol. The molecule has 1 aromatic heterocycles. The molecule has 2 heterocycles. The number of benzene rings is 1. The van der Waals surface area contributed by atoms with Crippen LogP contribution in [-0.2, 0) is 4.74 Å². The number of nitrogens with zero attached hydrogens (tertiary/aromatic N) is 3. The predicted octanol–water partition coefficient (Wildman–Crippen LogP) is 2.65. The molecule has 1 fully saturated rings. The first-order valence-corrected chi connectivity index (χ1v) is 9.62. The lowest BCUT2D eigenvalue weighted by molar-refractivity contribution is 0.0527. The van der Waals surface area contributed by atoms with Crippen molar-refractivity contribution < 1.29 is 14.3 Å². The lowest BCUT2D eigenvalue weighted by atomic mass is 10.1. The summed E-state index contributed by atoms with van der Waals surface area (Å²) in [5.74, 6) is -0.766. The van der Waals surface area contributed by atoms with Gasteiger partial charge in [0.05, 0.1) is 35.3 Å². The Morgan fingerprint density at radius 2 is 1.86 bits per heavy atom. The molecule has 28 heavy (non-hydrogen) atoms. The van der Waals surface area contributed by atoms with E-state index in [0.29, 0.717) is 16.8 Å². The van der Waals surface area contributed by atoms with Crippen molar-refractivity contribution in [2.24, 2.45) is 0 Å². The zero-order valence-electron chi connectivity index (χ0n) is 16.4. The number of pyridine rings is 1. The Morgan fingerprint density at radius 1 is 1.11 bits per heavy atom. The van der Waals surface area contributed by atoms with E-state index in [-0.39, 0.29) is 12.5 Å². The molecule has 1 amide bonds. The number of carbonyl (C=O) groups is 2. The number of hydrogen-bond donors (Lipinski definition) is 1. The maximum Gasteiger partial charge on any atom is 0.340 e. The average molecular weight is 382 g/mol. The number of anilines is 2. The first kappa shape index (κ1) is 19.8. The number of para-hydroxylation sites is 1. The number of amides is 1. The summed E-state index contributed by atoms with van der Waals surface area (Å²) in [6.45, 7) is 9.05. The Morgan fingerprint density at radius 3 is 2.57 bits per heavy atom. The van der Waals surface area contributed by atoms with E-state index >= 15 is 0 Å². The number of nitrogens with one attached hydrogen (secondary N) is 1. The van der Waals surface area contributed by atoms with Crippen molar-refractivity contribution in [2.45, 2.75) is 13.8 Å². The predicted molar refractivity (Wildman–Crippen MR) is 109 cm³/mol. The van der Waals surface area contributed by atoms with Crippen LogP contribution in [0.25, 0.3) is 0 Å². The molecule has 0 spiro atoms. The fourth-order valence-corrected chi connectivity index (χ4v) is 3.22. The summed E-state index contributed by atoms with van der Waals surface area (Å²) in [5, 5.41) is 2.81. The highest BCUT2D eigenvalue weighted by atomic mass is 16.5. The zero-order valence-corrected chi connectivity index (χ0v) is 16.4. The molecule has 1 aliphatic rings. The summed E-state index contributed by atoms with van der Waals surface area (Å²) >= 11 is 0. The average Bonchev–Trinajstić information content (AvgIpc) is 2.74. The minimum Gasteiger partial charge on any atom is -0.462 e. The van der Waals surface area contributed by atoms with E-state index in [2.05, 4.69) is 27.0 Å². The normalized spacial score (nSPS) is 14.6. The summed E-state index contributed by atoms with van der Waals surface area (Å²) in [4.78, 5) is 33.7. The molecule has 0 saturated carbocycles. The largest absolute Gasteiger partial charge is 0.462 e. The first-order chi connectivity index (χ1) is 13.6. The van der Waals surface area contributed by atoms with Gasteiger partial charge in [0.1, 0.15) is 0 Å². The second-order valence-corrected chi connectivity index (χ2v) is 6.57. The van der Waals surface area contributed by atoms with Gasteiger partial charge in [-0.15, -0.1) is 0 Å². The minimum absolute atomic E-state index is 0.276. The van der Waals surface area contributed by atoms with Crippen LogP contribution in [0.5, 0.6) is 0 Å². The van der Waals surface area contributed by atoms with Crippen molar-refractivity contribution in [1.29, 1.82) is 0 Å². The van der Waals surface area contributed by atoms with E-state index in [4.69, 9.17) is 4.74 Å². The molecule has 0 unspecified atom stereocenters. The van der Waals surface area contributed by atoms with Gasteiger partial charge in [0.25, 0.3) is 5.91 Å². The molecule has 0 bridgehead atoms. The van der Waals surface area contributed by atoms with Crippen LogP contribution in [0.2, 0.25) is 0 Å². The number of esters is 1. The van der Waals surface area contributed by atoms with Crippen LogP contribution in [0.15, 0.2) is 42.7 Å². The van der Waals surface area contributed by atoms with Gasteiger partial charge in [0.15, 0.2) is 0 Å². The highest BCUT2D eigenvalue weighted by Gasteiger charge is 2.19. The maximum absolute atomic E-state index is 12.8. The Labute approximate surface area is 165 Å². The summed E-state index contributed by atoms with van der Waals surface area (Å²) in [5.41, 5.74) is 2.14. The third-order valence-electron chi connectivity index (χ3n) is 4.84. The van der Waals surface area contributed by atoms with Crippen molar-refractivity contribution in [2.75, 3.05) is 49.5 Å². The molecule has 0 radical (unpaired) electrons. The molecule has 0 aliphatic carbocycles. The number of likely N-dealkylation sites (N-methyl/N-ethyl adjacent to an activating group) is 1. The van der Waals surface area contributed by atoms with Crippen molar-refractivity contribution in [3.8, 4) is 0 Å². The van der Waals surface area contributed by atoms with Crippen molar-refractivity contribution in [1.82, 2.24) is 9.88 Å². The van der Waals surface area contributed by atoms with Crippen LogP contribution in [-0.4, -0.2) is 61.1 Å². The topological polar surface area (TPSA) is 74.8 Å². The summed E-state index contributed by atoms with van der Waals surface area (Å²) in [6.07, 6.45) is 3.32. The highest BCUT2D eigenvalue weighted by molar-refractivity contribution is 6.08. The smallest absolute Gasteiger partial charge is 0.340 e. The van der Waals surface area contributed by atoms with Gasteiger partial charge >= 0.3 is 5.97 Å². The van der Waals surface area contributed by atoms with Gasteiger partial charge in [-0.3, -0.25) is 9.78 Å². The molecular formula is C21H26N4O3. The number of aromatic nitrogens is 1. The van der Waals surface area contributed by atoms with Gasteiger partial charge in [-0.25, -0.2) is 4.79 Å². The van der Waals surface area contributed by atoms with Crippen LogP contribution in [0.4, 0.5) is 11.4 Å². The molecule has 7 heteroatoms. The minimum atomic E-state index is -0.459. The van der Waals surface area contributed by atoms with Crippen molar-refractivity contribution >= 4 is 23.3 Å². The number of piperazine rings is 1. The molecule has 1 aliphatic heterocycles. The second-order valence-electron chi connectivity index (χ2n) is 6.57. The summed E-state index contributed by atoms with van der Waals surface area (Å²) < 4.78 is 5.06. The molecule has 2 aromatic rings.